The van der Waals surface area contributed by atoms with E-state index in [1.54, 1.807) is 14.2 Å². The number of benzene rings is 2. The number of aryl methyl sites for hydroxylation is 1. The summed E-state index contributed by atoms with van der Waals surface area (Å²) in [6.07, 6.45) is 2.01. The number of fused-ring (bicyclic) bond motifs is 1. The summed E-state index contributed by atoms with van der Waals surface area (Å²) < 4.78 is 10.8. The molecule has 0 saturated carbocycles. The first kappa shape index (κ1) is 18.7. The molecule has 1 aromatic heterocycles. The summed E-state index contributed by atoms with van der Waals surface area (Å²) in [5.41, 5.74) is 2.77. The van der Waals surface area contributed by atoms with E-state index in [-0.39, 0.29) is 5.78 Å². The maximum absolute atomic E-state index is 12.6. The number of nitrogens with zero attached hydrogens (tertiary/aromatic N) is 2. The quantitative estimate of drug-likeness (QED) is 0.641. The third-order valence-corrected chi connectivity index (χ3v) is 4.79. The van der Waals surface area contributed by atoms with Crippen LogP contribution in [0.5, 0.6) is 11.5 Å². The Balaban J connectivity index is 1.77. The van der Waals surface area contributed by atoms with Gasteiger partial charge < -0.3 is 20.1 Å². The topological polar surface area (TPSA) is 85.4 Å². The van der Waals surface area contributed by atoms with Crippen molar-refractivity contribution in [1.29, 1.82) is 0 Å². The highest BCUT2D eigenvalue weighted by atomic mass is 16.5. The van der Waals surface area contributed by atoms with Crippen LogP contribution in [0.15, 0.2) is 48.5 Å². The highest BCUT2D eigenvalue weighted by Crippen LogP contribution is 2.33. The zero-order valence-corrected chi connectivity index (χ0v) is 16.4. The van der Waals surface area contributed by atoms with Gasteiger partial charge in [-0.05, 0) is 37.1 Å². The lowest BCUT2D eigenvalue weighted by molar-refractivity contribution is 0.0972. The fraction of sp³-hybridized carbons (Fsp3) is 0.227. The minimum absolute atomic E-state index is 0.0486. The fourth-order valence-corrected chi connectivity index (χ4v) is 3.41. The number of ether oxygens (including phenoxy) is 2. The minimum atomic E-state index is 0.0486. The standard InChI is InChI=1S/C22H22N4O3/c1-28-18-12-5-3-8-14(18)23-21-20-16(10-7-11-17(20)27)25-22(26-21)24-15-9-4-6-13-19(15)29-2/h3-6,8-9,12-13H,7,10-11H2,1-2H3,(H2,23,24,25,26). The van der Waals surface area contributed by atoms with Crippen LogP contribution in [-0.4, -0.2) is 30.0 Å². The molecule has 2 N–H and O–H groups in total. The molecule has 7 heteroatoms. The van der Waals surface area contributed by atoms with Crippen LogP contribution in [0.1, 0.15) is 28.9 Å². The molecular weight excluding hydrogens is 368 g/mol. The van der Waals surface area contributed by atoms with Gasteiger partial charge in [-0.25, -0.2) is 4.98 Å². The first-order valence-corrected chi connectivity index (χ1v) is 9.44. The van der Waals surface area contributed by atoms with E-state index in [1.807, 2.05) is 48.5 Å². The number of Topliss-reactive ketones (excluding diaryl/α,β-unsaturated/α-hetero) is 1. The largest absolute Gasteiger partial charge is 0.495 e. The summed E-state index contributed by atoms with van der Waals surface area (Å²) >= 11 is 0. The van der Waals surface area contributed by atoms with Crippen molar-refractivity contribution in [2.24, 2.45) is 0 Å². The summed E-state index contributed by atoms with van der Waals surface area (Å²) in [5, 5.41) is 6.48. The van der Waals surface area contributed by atoms with Crippen LogP contribution in [0.4, 0.5) is 23.1 Å². The van der Waals surface area contributed by atoms with Crippen molar-refractivity contribution in [2.75, 3.05) is 24.9 Å². The van der Waals surface area contributed by atoms with Gasteiger partial charge in [-0.1, -0.05) is 24.3 Å². The number of hydrogen-bond donors (Lipinski definition) is 2. The molecule has 4 rings (SSSR count). The van der Waals surface area contributed by atoms with E-state index >= 15 is 0 Å². The van der Waals surface area contributed by atoms with Crippen molar-refractivity contribution in [3.63, 3.8) is 0 Å². The Bertz CT molecular complexity index is 1050. The molecule has 0 amide bonds. The number of nitrogens with one attached hydrogen (secondary N) is 2. The lowest BCUT2D eigenvalue weighted by Gasteiger charge is -2.20. The van der Waals surface area contributed by atoms with Gasteiger partial charge in [-0.2, -0.15) is 4.98 Å². The van der Waals surface area contributed by atoms with E-state index in [0.29, 0.717) is 35.2 Å². The molecule has 0 fully saturated rings. The summed E-state index contributed by atoms with van der Waals surface area (Å²) in [5.74, 6) is 2.28. The average molecular weight is 390 g/mol. The SMILES string of the molecule is COc1ccccc1Nc1nc2c(c(Nc3ccccc3OC)n1)C(=O)CCC2. The molecule has 0 saturated heterocycles. The number of methoxy groups -OCH3 is 2. The lowest BCUT2D eigenvalue weighted by atomic mass is 9.95. The van der Waals surface area contributed by atoms with Gasteiger partial charge in [-0.3, -0.25) is 4.79 Å². The predicted molar refractivity (Wildman–Crippen MR) is 112 cm³/mol. The van der Waals surface area contributed by atoms with Crippen LogP contribution in [0.2, 0.25) is 0 Å². The van der Waals surface area contributed by atoms with Crippen molar-refractivity contribution >= 4 is 28.9 Å². The number of ketones is 1. The van der Waals surface area contributed by atoms with Crippen LogP contribution in [0.25, 0.3) is 0 Å². The van der Waals surface area contributed by atoms with Crippen molar-refractivity contribution in [3.8, 4) is 11.5 Å². The molecule has 148 valence electrons. The van der Waals surface area contributed by atoms with Gasteiger partial charge in [0.25, 0.3) is 0 Å². The molecule has 1 heterocycles. The van der Waals surface area contributed by atoms with E-state index in [1.165, 1.54) is 0 Å². The molecule has 0 bridgehead atoms. The zero-order chi connectivity index (χ0) is 20.2. The van der Waals surface area contributed by atoms with Crippen LogP contribution >= 0.6 is 0 Å². The van der Waals surface area contributed by atoms with Gasteiger partial charge in [0.2, 0.25) is 5.95 Å². The molecule has 29 heavy (non-hydrogen) atoms. The predicted octanol–water partition coefficient (Wildman–Crippen LogP) is 4.50. The first-order chi connectivity index (χ1) is 14.2. The maximum Gasteiger partial charge on any atom is 0.229 e. The molecule has 1 aliphatic rings. The highest BCUT2D eigenvalue weighted by molar-refractivity contribution is 6.03. The molecule has 2 aromatic carbocycles. The van der Waals surface area contributed by atoms with Crippen LogP contribution < -0.4 is 20.1 Å². The Morgan fingerprint density at radius 3 is 2.10 bits per heavy atom. The Morgan fingerprint density at radius 1 is 0.828 bits per heavy atom. The molecule has 0 radical (unpaired) electrons. The minimum Gasteiger partial charge on any atom is -0.495 e. The Morgan fingerprint density at radius 2 is 1.45 bits per heavy atom. The maximum atomic E-state index is 12.6. The van der Waals surface area contributed by atoms with Crippen molar-refractivity contribution in [2.45, 2.75) is 19.3 Å². The van der Waals surface area contributed by atoms with Crippen molar-refractivity contribution in [1.82, 2.24) is 9.97 Å². The highest BCUT2D eigenvalue weighted by Gasteiger charge is 2.25. The van der Waals surface area contributed by atoms with E-state index in [9.17, 15) is 4.79 Å². The second kappa shape index (κ2) is 8.18. The van der Waals surface area contributed by atoms with Gasteiger partial charge in [0, 0.05) is 6.42 Å². The summed E-state index contributed by atoms with van der Waals surface area (Å²) in [6, 6.07) is 15.1. The number of hydrogen-bond acceptors (Lipinski definition) is 7. The number of carbonyl (C=O) groups excluding carboxylic acids is 1. The number of rotatable bonds is 6. The Kier molecular flexibility index (Phi) is 5.29. The summed E-state index contributed by atoms with van der Waals surface area (Å²) in [7, 11) is 3.22. The molecule has 0 aliphatic heterocycles. The smallest absolute Gasteiger partial charge is 0.229 e. The number of anilines is 4. The van der Waals surface area contributed by atoms with Gasteiger partial charge in [0.15, 0.2) is 5.78 Å². The number of para-hydroxylation sites is 4. The molecule has 7 nitrogen and oxygen atoms in total. The van der Waals surface area contributed by atoms with Gasteiger partial charge >= 0.3 is 0 Å². The van der Waals surface area contributed by atoms with Crippen LogP contribution in [-0.2, 0) is 6.42 Å². The first-order valence-electron chi connectivity index (χ1n) is 9.44. The zero-order valence-electron chi connectivity index (χ0n) is 16.4. The molecule has 0 atom stereocenters. The second-order valence-electron chi connectivity index (χ2n) is 6.64. The molecular formula is C22H22N4O3. The van der Waals surface area contributed by atoms with E-state index < -0.39 is 0 Å². The average Bonchev–Trinajstić information content (AvgIpc) is 2.74. The molecule has 3 aromatic rings. The Labute approximate surface area is 169 Å². The van der Waals surface area contributed by atoms with Crippen molar-refractivity contribution in [3.05, 3.63) is 59.8 Å². The van der Waals surface area contributed by atoms with E-state index in [2.05, 4.69) is 20.6 Å². The molecule has 0 spiro atoms. The molecule has 0 unspecified atom stereocenters. The third kappa shape index (κ3) is 3.85. The number of carbonyl (C=O) groups is 1. The van der Waals surface area contributed by atoms with Gasteiger partial charge in [0.1, 0.15) is 17.3 Å². The van der Waals surface area contributed by atoms with Gasteiger partial charge in [0.05, 0.1) is 36.9 Å². The number of aromatic nitrogens is 2. The van der Waals surface area contributed by atoms with Crippen LogP contribution in [0, 0.1) is 0 Å². The second-order valence-corrected chi connectivity index (χ2v) is 6.64. The van der Waals surface area contributed by atoms with E-state index in [0.717, 1.165) is 29.9 Å². The molecule has 1 aliphatic carbocycles. The monoisotopic (exact) mass is 390 g/mol. The summed E-state index contributed by atoms with van der Waals surface area (Å²) in [6.45, 7) is 0. The summed E-state index contributed by atoms with van der Waals surface area (Å²) in [4.78, 5) is 21.9. The third-order valence-electron chi connectivity index (χ3n) is 4.79. The van der Waals surface area contributed by atoms with E-state index in [4.69, 9.17) is 9.47 Å². The Hall–Kier alpha value is -3.61. The van der Waals surface area contributed by atoms with Gasteiger partial charge in [-0.15, -0.1) is 0 Å². The van der Waals surface area contributed by atoms with Crippen LogP contribution in [0.3, 0.4) is 0 Å². The normalized spacial score (nSPS) is 12.8. The fourth-order valence-electron chi connectivity index (χ4n) is 3.41. The lowest BCUT2D eigenvalue weighted by Crippen LogP contribution is -2.18. The van der Waals surface area contributed by atoms with Crippen molar-refractivity contribution < 1.29 is 14.3 Å².